The Kier molecular flexibility index (Phi) is 4.16. The van der Waals surface area contributed by atoms with Gasteiger partial charge in [0.25, 0.3) is 0 Å². The largest absolute Gasteiger partial charge is 0.481 e. The summed E-state index contributed by atoms with van der Waals surface area (Å²) in [5.41, 5.74) is 3.12. The van der Waals surface area contributed by atoms with Crippen LogP contribution in [0.1, 0.15) is 17.7 Å². The van der Waals surface area contributed by atoms with Crippen LogP contribution in [0, 0.1) is 6.92 Å². The predicted molar refractivity (Wildman–Crippen MR) is 77.3 cm³/mol. The molecule has 5 heteroatoms. The first-order valence-electron chi connectivity index (χ1n) is 6.03. The van der Waals surface area contributed by atoms with Gasteiger partial charge in [0.1, 0.15) is 0 Å². The summed E-state index contributed by atoms with van der Waals surface area (Å²) >= 11 is 1.53. The van der Waals surface area contributed by atoms with Crippen molar-refractivity contribution in [2.24, 2.45) is 0 Å². The molecule has 1 aromatic carbocycles. The number of aromatic nitrogens is 1. The fourth-order valence-electron chi connectivity index (χ4n) is 1.75. The molecule has 0 aliphatic carbocycles. The third-order valence-electron chi connectivity index (χ3n) is 2.81. The zero-order chi connectivity index (χ0) is 13.8. The normalized spacial score (nSPS) is 10.4. The van der Waals surface area contributed by atoms with Gasteiger partial charge in [-0.2, -0.15) is 0 Å². The molecule has 0 saturated carbocycles. The molecule has 2 rings (SSSR count). The predicted octanol–water partition coefficient (Wildman–Crippen LogP) is 3.24. The molecular weight excluding hydrogens is 260 g/mol. The zero-order valence-electron chi connectivity index (χ0n) is 11.0. The number of carboxylic acid groups (broad SMARTS) is 1. The third kappa shape index (κ3) is 3.54. The van der Waals surface area contributed by atoms with E-state index in [1.807, 2.05) is 29.5 Å². The highest BCUT2D eigenvalue weighted by Gasteiger charge is 2.10. The Hall–Kier alpha value is -1.88. The molecule has 0 radical (unpaired) electrons. The quantitative estimate of drug-likeness (QED) is 0.911. The summed E-state index contributed by atoms with van der Waals surface area (Å²) in [4.78, 5) is 17.0. The first-order valence-corrected chi connectivity index (χ1v) is 6.91. The van der Waals surface area contributed by atoms with Crippen LogP contribution < -0.4 is 4.90 Å². The summed E-state index contributed by atoms with van der Waals surface area (Å²) in [5, 5.41) is 11.5. The molecule has 0 aliphatic rings. The van der Waals surface area contributed by atoms with Crippen LogP contribution in [0.25, 0.3) is 0 Å². The molecule has 0 fully saturated rings. The molecule has 1 heterocycles. The molecule has 1 N–H and O–H groups in total. The number of nitrogens with zero attached hydrogens (tertiary/aromatic N) is 2. The van der Waals surface area contributed by atoms with Crippen molar-refractivity contribution in [2.75, 3.05) is 11.9 Å². The fraction of sp³-hybridized carbons (Fsp3) is 0.286. The highest BCUT2D eigenvalue weighted by atomic mass is 32.1. The number of hydrogen-bond donors (Lipinski definition) is 1. The Morgan fingerprint density at radius 3 is 2.95 bits per heavy atom. The maximum Gasteiger partial charge on any atom is 0.303 e. The molecule has 0 spiro atoms. The fourth-order valence-corrected chi connectivity index (χ4v) is 2.59. The van der Waals surface area contributed by atoms with Gasteiger partial charge in [-0.25, -0.2) is 4.98 Å². The van der Waals surface area contributed by atoms with Gasteiger partial charge in [-0.1, -0.05) is 12.1 Å². The molecule has 0 bridgehead atoms. The van der Waals surface area contributed by atoms with Gasteiger partial charge in [-0.15, -0.1) is 11.3 Å². The number of hydrogen-bond acceptors (Lipinski definition) is 4. The number of benzene rings is 1. The van der Waals surface area contributed by atoms with Gasteiger partial charge >= 0.3 is 5.97 Å². The van der Waals surface area contributed by atoms with Crippen molar-refractivity contribution in [2.45, 2.75) is 19.8 Å². The van der Waals surface area contributed by atoms with Crippen molar-refractivity contribution in [1.82, 2.24) is 4.98 Å². The molecule has 1 aromatic heterocycles. The lowest BCUT2D eigenvalue weighted by Gasteiger charge is -2.16. The summed E-state index contributed by atoms with van der Waals surface area (Å²) < 4.78 is 0. The van der Waals surface area contributed by atoms with Gasteiger partial charge in [0.2, 0.25) is 0 Å². The summed E-state index contributed by atoms with van der Waals surface area (Å²) in [6, 6.07) is 8.20. The molecule has 0 atom stereocenters. The number of carbonyl (C=O) groups is 1. The van der Waals surface area contributed by atoms with Crippen LogP contribution in [0.3, 0.4) is 0 Å². The van der Waals surface area contributed by atoms with E-state index in [1.54, 1.807) is 0 Å². The van der Waals surface area contributed by atoms with Gasteiger partial charge in [0, 0.05) is 24.5 Å². The Bertz CT molecular complexity index is 580. The summed E-state index contributed by atoms with van der Waals surface area (Å²) in [6.07, 6.45) is 0.602. The van der Waals surface area contributed by atoms with Gasteiger partial charge in [-0.3, -0.25) is 4.79 Å². The Morgan fingerprint density at radius 2 is 2.26 bits per heavy atom. The second-order valence-corrected chi connectivity index (χ2v) is 5.25. The Balaban J connectivity index is 2.11. The van der Waals surface area contributed by atoms with Crippen molar-refractivity contribution in [3.63, 3.8) is 0 Å². The summed E-state index contributed by atoms with van der Waals surface area (Å²) in [7, 11) is 1.97. The van der Waals surface area contributed by atoms with Crippen LogP contribution in [-0.2, 0) is 11.2 Å². The highest BCUT2D eigenvalue weighted by Crippen LogP contribution is 2.27. The van der Waals surface area contributed by atoms with Gasteiger partial charge in [0.05, 0.1) is 12.1 Å². The average Bonchev–Trinajstić information content (AvgIpc) is 2.84. The molecule has 0 amide bonds. The van der Waals surface area contributed by atoms with Crippen LogP contribution in [0.4, 0.5) is 10.8 Å². The van der Waals surface area contributed by atoms with Crippen molar-refractivity contribution < 1.29 is 9.90 Å². The zero-order valence-corrected chi connectivity index (χ0v) is 11.8. The molecule has 100 valence electrons. The number of carboxylic acids is 1. The topological polar surface area (TPSA) is 53.4 Å². The minimum absolute atomic E-state index is 0.122. The number of aryl methyl sites for hydroxylation is 2. The lowest BCUT2D eigenvalue weighted by molar-refractivity contribution is -0.136. The van der Waals surface area contributed by atoms with Gasteiger partial charge in [-0.05, 0) is 24.6 Å². The minimum Gasteiger partial charge on any atom is -0.481 e. The second kappa shape index (κ2) is 5.84. The number of rotatable bonds is 5. The number of aliphatic carboxylic acids is 1. The van der Waals surface area contributed by atoms with Crippen molar-refractivity contribution in [3.05, 3.63) is 40.9 Å². The maximum absolute atomic E-state index is 10.5. The molecule has 0 aliphatic heterocycles. The van der Waals surface area contributed by atoms with Crippen molar-refractivity contribution in [1.29, 1.82) is 0 Å². The smallest absolute Gasteiger partial charge is 0.303 e. The van der Waals surface area contributed by atoms with E-state index in [4.69, 9.17) is 5.11 Å². The summed E-state index contributed by atoms with van der Waals surface area (Å²) in [6.45, 7) is 2.05. The van der Waals surface area contributed by atoms with E-state index in [0.717, 1.165) is 16.5 Å². The minimum atomic E-state index is -0.790. The average molecular weight is 276 g/mol. The van der Waals surface area contributed by atoms with E-state index < -0.39 is 5.97 Å². The summed E-state index contributed by atoms with van der Waals surface area (Å²) in [5.74, 6) is -0.790. The molecule has 0 saturated heterocycles. The molecule has 2 aromatic rings. The van der Waals surface area contributed by atoms with E-state index in [9.17, 15) is 4.79 Å². The van der Waals surface area contributed by atoms with Crippen molar-refractivity contribution >= 4 is 28.1 Å². The van der Waals surface area contributed by atoms with Crippen LogP contribution in [0.15, 0.2) is 29.6 Å². The van der Waals surface area contributed by atoms with Crippen LogP contribution in [-0.4, -0.2) is 23.1 Å². The maximum atomic E-state index is 10.5. The second-order valence-electron chi connectivity index (χ2n) is 4.41. The van der Waals surface area contributed by atoms with Crippen LogP contribution in [0.2, 0.25) is 0 Å². The molecular formula is C14H16N2O2S. The Labute approximate surface area is 116 Å². The third-order valence-corrected chi connectivity index (χ3v) is 3.78. The lowest BCUT2D eigenvalue weighted by Crippen LogP contribution is -2.09. The van der Waals surface area contributed by atoms with Crippen LogP contribution in [0.5, 0.6) is 0 Å². The van der Waals surface area contributed by atoms with Crippen LogP contribution >= 0.6 is 11.3 Å². The van der Waals surface area contributed by atoms with Gasteiger partial charge < -0.3 is 10.0 Å². The number of thiazole rings is 1. The Morgan fingerprint density at radius 1 is 1.47 bits per heavy atom. The standard InChI is InChI=1S/C14H16N2O2S/c1-10-4-3-5-12(8-10)16(2)14-15-11(9-19-14)6-7-13(17)18/h3-5,8-9H,6-7H2,1-2H3,(H,17,18). The lowest BCUT2D eigenvalue weighted by atomic mass is 10.2. The SMILES string of the molecule is Cc1cccc(N(C)c2nc(CCC(=O)O)cs2)c1. The van der Waals surface area contributed by atoms with E-state index in [0.29, 0.717) is 6.42 Å². The number of anilines is 2. The first-order chi connectivity index (χ1) is 9.06. The first kappa shape index (κ1) is 13.5. The van der Waals surface area contributed by atoms with E-state index >= 15 is 0 Å². The van der Waals surface area contributed by atoms with E-state index in [1.165, 1.54) is 16.9 Å². The van der Waals surface area contributed by atoms with E-state index in [-0.39, 0.29) is 6.42 Å². The molecule has 4 nitrogen and oxygen atoms in total. The van der Waals surface area contributed by atoms with E-state index in [2.05, 4.69) is 24.0 Å². The van der Waals surface area contributed by atoms with Crippen molar-refractivity contribution in [3.8, 4) is 0 Å². The van der Waals surface area contributed by atoms with Gasteiger partial charge in [0.15, 0.2) is 5.13 Å². The molecule has 19 heavy (non-hydrogen) atoms. The molecule has 0 unspecified atom stereocenters. The monoisotopic (exact) mass is 276 g/mol. The highest BCUT2D eigenvalue weighted by molar-refractivity contribution is 7.13.